The Balaban J connectivity index is 3.04. The average molecular weight is 240 g/mol. The molecule has 0 aromatic heterocycles. The Morgan fingerprint density at radius 1 is 1.24 bits per heavy atom. The lowest BCUT2D eigenvalue weighted by Gasteiger charge is -2.23. The maximum Gasteiger partial charge on any atom is 0.167 e. The summed E-state index contributed by atoms with van der Waals surface area (Å²) < 4.78 is 19.0. The molecule has 0 atom stereocenters. The standard InChI is InChI=1S/C13H21FN2O/c1-4-7-17-13-9-12(16(5-2)6-3)11(15)8-10(13)14/h8-9H,4-7,15H2,1-3H3. The first-order chi connectivity index (χ1) is 8.13. The van der Waals surface area contributed by atoms with Crippen LogP contribution in [0.4, 0.5) is 15.8 Å². The molecule has 96 valence electrons. The molecule has 1 aromatic carbocycles. The van der Waals surface area contributed by atoms with Crippen LogP contribution in [0.15, 0.2) is 12.1 Å². The van der Waals surface area contributed by atoms with E-state index in [1.54, 1.807) is 6.07 Å². The molecule has 1 rings (SSSR count). The highest BCUT2D eigenvalue weighted by atomic mass is 19.1. The number of ether oxygens (including phenoxy) is 1. The number of nitrogen functional groups attached to an aromatic ring is 1. The molecule has 4 heteroatoms. The van der Waals surface area contributed by atoms with Gasteiger partial charge in [-0.1, -0.05) is 6.92 Å². The molecular formula is C13H21FN2O. The van der Waals surface area contributed by atoms with E-state index < -0.39 is 5.82 Å². The predicted molar refractivity (Wildman–Crippen MR) is 70.2 cm³/mol. The van der Waals surface area contributed by atoms with E-state index in [9.17, 15) is 4.39 Å². The van der Waals surface area contributed by atoms with Crippen molar-refractivity contribution in [3.05, 3.63) is 17.9 Å². The van der Waals surface area contributed by atoms with Gasteiger partial charge in [0.15, 0.2) is 11.6 Å². The van der Waals surface area contributed by atoms with Crippen LogP contribution in [0.1, 0.15) is 27.2 Å². The summed E-state index contributed by atoms with van der Waals surface area (Å²) in [6.07, 6.45) is 0.852. The van der Waals surface area contributed by atoms with Crippen molar-refractivity contribution in [1.82, 2.24) is 0 Å². The van der Waals surface area contributed by atoms with Crippen molar-refractivity contribution in [2.75, 3.05) is 30.3 Å². The van der Waals surface area contributed by atoms with Crippen LogP contribution in [-0.4, -0.2) is 19.7 Å². The van der Waals surface area contributed by atoms with Gasteiger partial charge in [-0.25, -0.2) is 4.39 Å². The van der Waals surface area contributed by atoms with Crippen molar-refractivity contribution < 1.29 is 9.13 Å². The van der Waals surface area contributed by atoms with Gasteiger partial charge in [-0.3, -0.25) is 0 Å². The Labute approximate surface area is 102 Å². The van der Waals surface area contributed by atoms with Gasteiger partial charge in [0.2, 0.25) is 0 Å². The molecule has 1 aromatic rings. The van der Waals surface area contributed by atoms with Crippen molar-refractivity contribution in [2.45, 2.75) is 27.2 Å². The number of rotatable bonds is 6. The van der Waals surface area contributed by atoms with E-state index in [1.807, 2.05) is 20.8 Å². The van der Waals surface area contributed by atoms with Crippen LogP contribution < -0.4 is 15.4 Å². The van der Waals surface area contributed by atoms with E-state index in [1.165, 1.54) is 6.07 Å². The van der Waals surface area contributed by atoms with E-state index in [4.69, 9.17) is 10.5 Å². The van der Waals surface area contributed by atoms with Crippen LogP contribution in [0.5, 0.6) is 5.75 Å². The first-order valence-electron chi connectivity index (χ1n) is 6.10. The zero-order chi connectivity index (χ0) is 12.8. The lowest BCUT2D eigenvalue weighted by Crippen LogP contribution is -2.23. The first kappa shape index (κ1) is 13.6. The Morgan fingerprint density at radius 3 is 2.41 bits per heavy atom. The maximum absolute atomic E-state index is 13.6. The van der Waals surface area contributed by atoms with Gasteiger partial charge >= 0.3 is 0 Å². The molecule has 0 fully saturated rings. The van der Waals surface area contributed by atoms with Crippen molar-refractivity contribution >= 4 is 11.4 Å². The molecule has 0 unspecified atom stereocenters. The summed E-state index contributed by atoms with van der Waals surface area (Å²) >= 11 is 0. The predicted octanol–water partition coefficient (Wildman–Crippen LogP) is 3.04. The highest BCUT2D eigenvalue weighted by Gasteiger charge is 2.12. The second-order valence-corrected chi connectivity index (χ2v) is 3.86. The SMILES string of the molecule is CCCOc1cc(N(CC)CC)c(N)cc1F. The van der Waals surface area contributed by atoms with Gasteiger partial charge in [0.1, 0.15) is 0 Å². The zero-order valence-corrected chi connectivity index (χ0v) is 10.8. The van der Waals surface area contributed by atoms with E-state index in [2.05, 4.69) is 4.90 Å². The molecule has 0 saturated heterocycles. The summed E-state index contributed by atoms with van der Waals surface area (Å²) in [5.41, 5.74) is 7.12. The van der Waals surface area contributed by atoms with Gasteiger partial charge < -0.3 is 15.4 Å². The molecule has 3 nitrogen and oxygen atoms in total. The smallest absolute Gasteiger partial charge is 0.167 e. The number of hydrogen-bond donors (Lipinski definition) is 1. The Hall–Kier alpha value is -1.45. The van der Waals surface area contributed by atoms with Crippen molar-refractivity contribution in [2.24, 2.45) is 0 Å². The fraction of sp³-hybridized carbons (Fsp3) is 0.538. The largest absolute Gasteiger partial charge is 0.490 e. The molecule has 0 spiro atoms. The maximum atomic E-state index is 13.6. The molecule has 0 amide bonds. The lowest BCUT2D eigenvalue weighted by molar-refractivity contribution is 0.301. The van der Waals surface area contributed by atoms with Gasteiger partial charge in [-0.2, -0.15) is 0 Å². The molecule has 0 saturated carbocycles. The first-order valence-corrected chi connectivity index (χ1v) is 6.10. The van der Waals surface area contributed by atoms with Crippen LogP contribution in [0.25, 0.3) is 0 Å². The lowest BCUT2D eigenvalue weighted by atomic mass is 10.2. The highest BCUT2D eigenvalue weighted by Crippen LogP contribution is 2.31. The van der Waals surface area contributed by atoms with Gasteiger partial charge in [0.25, 0.3) is 0 Å². The third-order valence-corrected chi connectivity index (χ3v) is 2.65. The van der Waals surface area contributed by atoms with Crippen molar-refractivity contribution in [3.63, 3.8) is 0 Å². The second-order valence-electron chi connectivity index (χ2n) is 3.86. The molecular weight excluding hydrogens is 219 g/mol. The summed E-state index contributed by atoms with van der Waals surface area (Å²) in [7, 11) is 0. The van der Waals surface area contributed by atoms with Crippen molar-refractivity contribution in [3.8, 4) is 5.75 Å². The fourth-order valence-corrected chi connectivity index (χ4v) is 1.72. The van der Waals surface area contributed by atoms with Crippen LogP contribution >= 0.6 is 0 Å². The minimum atomic E-state index is -0.396. The minimum absolute atomic E-state index is 0.281. The molecule has 17 heavy (non-hydrogen) atoms. The van der Waals surface area contributed by atoms with E-state index in [0.717, 1.165) is 25.2 Å². The molecule has 0 heterocycles. The molecule has 0 bridgehead atoms. The second kappa shape index (κ2) is 6.33. The molecule has 0 radical (unpaired) electrons. The monoisotopic (exact) mass is 240 g/mol. The van der Waals surface area contributed by atoms with Crippen LogP contribution in [-0.2, 0) is 0 Å². The van der Waals surface area contributed by atoms with Crippen molar-refractivity contribution in [1.29, 1.82) is 0 Å². The fourth-order valence-electron chi connectivity index (χ4n) is 1.72. The van der Waals surface area contributed by atoms with Crippen LogP contribution in [0.2, 0.25) is 0 Å². The summed E-state index contributed by atoms with van der Waals surface area (Å²) in [6, 6.07) is 3.02. The van der Waals surface area contributed by atoms with Gasteiger partial charge in [-0.05, 0) is 20.3 Å². The van der Waals surface area contributed by atoms with Gasteiger partial charge in [-0.15, -0.1) is 0 Å². The van der Waals surface area contributed by atoms with Gasteiger partial charge in [0, 0.05) is 25.2 Å². The highest BCUT2D eigenvalue weighted by molar-refractivity contribution is 5.70. The topological polar surface area (TPSA) is 38.5 Å². The summed E-state index contributed by atoms with van der Waals surface area (Å²) in [4.78, 5) is 2.08. The molecule has 0 aliphatic carbocycles. The van der Waals surface area contributed by atoms with E-state index in [0.29, 0.717) is 12.3 Å². The van der Waals surface area contributed by atoms with Crippen LogP contribution in [0, 0.1) is 5.82 Å². The summed E-state index contributed by atoms with van der Waals surface area (Å²) in [6.45, 7) is 8.25. The molecule has 0 aliphatic heterocycles. The third-order valence-electron chi connectivity index (χ3n) is 2.65. The Bertz CT molecular complexity index is 365. The molecule has 0 aliphatic rings. The normalized spacial score (nSPS) is 10.4. The van der Waals surface area contributed by atoms with E-state index >= 15 is 0 Å². The summed E-state index contributed by atoms with van der Waals surface area (Å²) in [5, 5.41) is 0. The summed E-state index contributed by atoms with van der Waals surface area (Å²) in [5.74, 6) is -0.116. The average Bonchev–Trinajstić information content (AvgIpc) is 2.31. The number of nitrogens with zero attached hydrogens (tertiary/aromatic N) is 1. The zero-order valence-electron chi connectivity index (χ0n) is 10.8. The molecule has 2 N–H and O–H groups in total. The number of benzene rings is 1. The number of halogens is 1. The number of anilines is 2. The number of nitrogens with two attached hydrogens (primary N) is 1. The van der Waals surface area contributed by atoms with Crippen LogP contribution in [0.3, 0.4) is 0 Å². The Kier molecular flexibility index (Phi) is 5.07. The third kappa shape index (κ3) is 3.25. The number of hydrogen-bond acceptors (Lipinski definition) is 3. The quantitative estimate of drug-likeness (QED) is 0.777. The van der Waals surface area contributed by atoms with Gasteiger partial charge in [0.05, 0.1) is 18.0 Å². The Morgan fingerprint density at radius 2 is 1.88 bits per heavy atom. The minimum Gasteiger partial charge on any atom is -0.490 e. The van der Waals surface area contributed by atoms with E-state index in [-0.39, 0.29) is 5.75 Å².